The van der Waals surface area contributed by atoms with Crippen LogP contribution < -0.4 is 0 Å². The Labute approximate surface area is 342 Å². The molecule has 12 rings (SSSR count). The molecule has 4 heteroatoms. The second-order valence-electron chi connectivity index (χ2n) is 15.7. The summed E-state index contributed by atoms with van der Waals surface area (Å²) in [6.45, 7) is 7.51. The van der Waals surface area contributed by atoms with Gasteiger partial charge in [-0.2, -0.15) is 13.2 Å². The molecule has 0 aliphatic heterocycles. The Kier molecular flexibility index (Phi) is 7.22. The van der Waals surface area contributed by atoms with Crippen molar-refractivity contribution in [2.75, 3.05) is 0 Å². The minimum atomic E-state index is -4.57. The molecule has 0 unspecified atom stereocenters. The molecule has 0 radical (unpaired) electrons. The lowest BCUT2D eigenvalue weighted by atomic mass is 9.84. The van der Waals surface area contributed by atoms with Crippen LogP contribution in [0.4, 0.5) is 18.9 Å². The zero-order chi connectivity index (χ0) is 40.3. The van der Waals surface area contributed by atoms with Crippen LogP contribution in [-0.4, -0.2) is 0 Å². The van der Waals surface area contributed by atoms with Crippen LogP contribution >= 0.6 is 0 Å². The van der Waals surface area contributed by atoms with Crippen molar-refractivity contribution in [3.05, 3.63) is 199 Å². The van der Waals surface area contributed by atoms with Gasteiger partial charge in [0.15, 0.2) is 5.69 Å². The summed E-state index contributed by atoms with van der Waals surface area (Å²) in [6, 6.07) is 61.6. The molecular weight excluding hydrogens is 744 g/mol. The Morgan fingerprint density at radius 1 is 0.333 bits per heavy atom. The zero-order valence-electron chi connectivity index (χ0n) is 31.9. The first-order valence-electron chi connectivity index (χ1n) is 19.9. The number of hydrogen-bond acceptors (Lipinski definition) is 0. The lowest BCUT2D eigenvalue weighted by Gasteiger charge is -2.19. The van der Waals surface area contributed by atoms with E-state index in [1.54, 1.807) is 0 Å². The molecule has 0 spiro atoms. The Bertz CT molecular complexity index is 3750. The van der Waals surface area contributed by atoms with Crippen molar-refractivity contribution in [3.63, 3.8) is 0 Å². The van der Waals surface area contributed by atoms with Crippen LogP contribution in [0, 0.1) is 6.57 Å². The number of rotatable bonds is 4. The molecular formula is C56H30F3N. The summed E-state index contributed by atoms with van der Waals surface area (Å²) in [7, 11) is 0. The van der Waals surface area contributed by atoms with Crippen molar-refractivity contribution in [1.82, 2.24) is 0 Å². The molecule has 60 heavy (non-hydrogen) atoms. The highest BCUT2D eigenvalue weighted by molar-refractivity contribution is 6.45. The summed E-state index contributed by atoms with van der Waals surface area (Å²) < 4.78 is 41.9. The molecule has 0 aliphatic carbocycles. The highest BCUT2D eigenvalue weighted by atomic mass is 19.4. The second kappa shape index (κ2) is 12.6. The van der Waals surface area contributed by atoms with Crippen molar-refractivity contribution in [2.24, 2.45) is 0 Å². The van der Waals surface area contributed by atoms with Gasteiger partial charge in [0.1, 0.15) is 0 Å². The first-order valence-corrected chi connectivity index (χ1v) is 19.9. The SMILES string of the molecule is [C-]#[N+]c1cc(-c2cccc(-c3ccc4c5c(-c6ccccc6)c6c(cc7c8ccccc8c8cccc6c87)c(-c6ccccc6)c5c5cccc3c54)c2)cc(C(F)(F)F)c1. The molecule has 0 bridgehead atoms. The molecule has 0 heterocycles. The van der Waals surface area contributed by atoms with E-state index in [2.05, 4.69) is 144 Å². The fraction of sp³-hybridized carbons (Fsp3) is 0.0179. The van der Waals surface area contributed by atoms with E-state index in [9.17, 15) is 13.2 Å². The fourth-order valence-electron chi connectivity index (χ4n) is 10.1. The largest absolute Gasteiger partial charge is 0.415 e. The number of fused-ring (bicyclic) bond motifs is 8. The topological polar surface area (TPSA) is 4.36 Å². The smallest absolute Gasteiger partial charge is 0.238 e. The lowest BCUT2D eigenvalue weighted by Crippen LogP contribution is -2.04. The van der Waals surface area contributed by atoms with E-state index in [1.165, 1.54) is 71.1 Å². The molecule has 0 N–H and O–H groups in total. The van der Waals surface area contributed by atoms with E-state index in [1.807, 2.05) is 24.3 Å². The number of nitrogens with zero attached hydrogens (tertiary/aromatic N) is 1. The maximum absolute atomic E-state index is 14.0. The third-order valence-electron chi connectivity index (χ3n) is 12.5. The molecule has 0 aromatic heterocycles. The Balaban J connectivity index is 1.23. The average molecular weight is 774 g/mol. The predicted molar refractivity (Wildman–Crippen MR) is 244 cm³/mol. The average Bonchev–Trinajstić information content (AvgIpc) is 3.80. The molecule has 0 amide bonds. The van der Waals surface area contributed by atoms with Crippen LogP contribution in [0.15, 0.2) is 182 Å². The minimum Gasteiger partial charge on any atom is -0.238 e. The molecule has 0 saturated carbocycles. The van der Waals surface area contributed by atoms with Crippen LogP contribution in [0.3, 0.4) is 0 Å². The van der Waals surface area contributed by atoms with Gasteiger partial charge in [0.25, 0.3) is 0 Å². The first-order chi connectivity index (χ1) is 29.4. The number of alkyl halides is 3. The van der Waals surface area contributed by atoms with Gasteiger partial charge in [0, 0.05) is 5.56 Å². The Morgan fingerprint density at radius 3 is 1.58 bits per heavy atom. The highest BCUT2D eigenvalue weighted by Gasteiger charge is 2.31. The van der Waals surface area contributed by atoms with Gasteiger partial charge >= 0.3 is 6.18 Å². The molecule has 280 valence electrons. The monoisotopic (exact) mass is 773 g/mol. The summed E-state index contributed by atoms with van der Waals surface area (Å²) in [5.41, 5.74) is 6.65. The zero-order valence-corrected chi connectivity index (χ0v) is 31.9. The summed E-state index contributed by atoms with van der Waals surface area (Å²) >= 11 is 0. The Morgan fingerprint density at radius 2 is 0.867 bits per heavy atom. The van der Waals surface area contributed by atoms with E-state index in [0.717, 1.165) is 55.9 Å². The Hall–Kier alpha value is -7.74. The van der Waals surface area contributed by atoms with Gasteiger partial charge in [-0.3, -0.25) is 0 Å². The maximum atomic E-state index is 14.0. The third kappa shape index (κ3) is 4.87. The van der Waals surface area contributed by atoms with Crippen LogP contribution in [0.2, 0.25) is 0 Å². The van der Waals surface area contributed by atoms with Crippen LogP contribution in [0.25, 0.3) is 125 Å². The van der Waals surface area contributed by atoms with Gasteiger partial charge in [0.05, 0.1) is 6.57 Å². The van der Waals surface area contributed by atoms with E-state index in [-0.39, 0.29) is 5.69 Å². The maximum Gasteiger partial charge on any atom is 0.415 e. The molecule has 0 fully saturated rings. The van der Waals surface area contributed by atoms with E-state index in [0.29, 0.717) is 11.1 Å². The van der Waals surface area contributed by atoms with E-state index >= 15 is 0 Å². The summed E-state index contributed by atoms with van der Waals surface area (Å²) in [5, 5.41) is 16.9. The van der Waals surface area contributed by atoms with Gasteiger partial charge in [0.2, 0.25) is 0 Å². The van der Waals surface area contributed by atoms with Crippen molar-refractivity contribution >= 4 is 81.1 Å². The predicted octanol–water partition coefficient (Wildman–Crippen LogP) is 16.9. The summed E-state index contributed by atoms with van der Waals surface area (Å²) in [5.74, 6) is 0. The van der Waals surface area contributed by atoms with E-state index < -0.39 is 11.7 Å². The van der Waals surface area contributed by atoms with Crippen LogP contribution in [0.5, 0.6) is 0 Å². The van der Waals surface area contributed by atoms with Crippen LogP contribution in [-0.2, 0) is 6.18 Å². The molecule has 1 nitrogen and oxygen atoms in total. The summed E-state index contributed by atoms with van der Waals surface area (Å²) in [4.78, 5) is 3.37. The molecule has 12 aromatic rings. The van der Waals surface area contributed by atoms with Crippen molar-refractivity contribution in [3.8, 4) is 44.5 Å². The summed E-state index contributed by atoms with van der Waals surface area (Å²) in [6.07, 6.45) is -4.57. The molecule has 0 atom stereocenters. The van der Waals surface area contributed by atoms with Gasteiger partial charge in [-0.15, -0.1) is 0 Å². The molecule has 0 aliphatic rings. The third-order valence-corrected chi connectivity index (χ3v) is 12.5. The number of benzene rings is 10. The molecule has 12 aromatic carbocycles. The first kappa shape index (κ1) is 34.3. The standard InChI is InChI=1S/C56H30F3N/c1-60-38-29-36(28-37(30-38)56(57,58)59)34-17-10-18-35(27-34)39-25-26-46-51-42(39)21-11-24-45(51)54-49(32-13-4-2-5-14-32)48-31-47-41-20-9-8-19-40(41)43-22-12-23-44(52(43)47)53(48)50(55(46)54)33-15-6-3-7-16-33/h2-31H. The number of halogens is 3. The van der Waals surface area contributed by atoms with Crippen LogP contribution in [0.1, 0.15) is 5.56 Å². The second-order valence-corrected chi connectivity index (χ2v) is 15.7. The van der Waals surface area contributed by atoms with Gasteiger partial charge in [-0.1, -0.05) is 152 Å². The van der Waals surface area contributed by atoms with Crippen molar-refractivity contribution in [2.45, 2.75) is 6.18 Å². The van der Waals surface area contributed by atoms with Gasteiger partial charge < -0.3 is 0 Å². The lowest BCUT2D eigenvalue weighted by molar-refractivity contribution is -0.137. The van der Waals surface area contributed by atoms with Gasteiger partial charge in [-0.05, 0) is 150 Å². The van der Waals surface area contributed by atoms with E-state index in [4.69, 9.17) is 6.57 Å². The minimum absolute atomic E-state index is 0.0459. The van der Waals surface area contributed by atoms with Gasteiger partial charge in [-0.25, -0.2) is 4.85 Å². The van der Waals surface area contributed by atoms with Crippen molar-refractivity contribution < 1.29 is 13.2 Å². The van der Waals surface area contributed by atoms with Crippen molar-refractivity contribution in [1.29, 1.82) is 0 Å². The quantitative estimate of drug-likeness (QED) is 0.124. The number of hydrogen-bond donors (Lipinski definition) is 0. The molecule has 0 saturated heterocycles. The highest BCUT2D eigenvalue weighted by Crippen LogP contribution is 2.55. The normalized spacial score (nSPS) is 12.2. The fourth-order valence-corrected chi connectivity index (χ4v) is 10.1.